The maximum absolute atomic E-state index is 12.6. The van der Waals surface area contributed by atoms with Crippen LogP contribution in [0.2, 0.25) is 0 Å². The van der Waals surface area contributed by atoms with Gasteiger partial charge in [-0.3, -0.25) is 4.98 Å². The molecule has 1 aliphatic heterocycles. The fourth-order valence-electron chi connectivity index (χ4n) is 3.53. The Morgan fingerprint density at radius 2 is 2.05 bits per heavy atom. The van der Waals surface area contributed by atoms with Crippen molar-refractivity contribution in [3.8, 4) is 0 Å². The molecular weight excluding hydrogens is 294 g/mol. The molecule has 0 radical (unpaired) electrons. The van der Waals surface area contributed by atoms with Gasteiger partial charge in [0.1, 0.15) is 0 Å². The van der Waals surface area contributed by atoms with E-state index >= 15 is 0 Å². The molecule has 1 saturated heterocycles. The van der Waals surface area contributed by atoms with Crippen molar-refractivity contribution in [2.24, 2.45) is 0 Å². The molecule has 4 nitrogen and oxygen atoms in total. The predicted octanol–water partition coefficient (Wildman–Crippen LogP) is 3.60. The number of urea groups is 1. The zero-order valence-corrected chi connectivity index (χ0v) is 14.1. The molecule has 1 N–H and O–H groups in total. The van der Waals surface area contributed by atoms with Gasteiger partial charge in [-0.25, -0.2) is 4.79 Å². The van der Waals surface area contributed by atoms with Crippen molar-refractivity contribution < 1.29 is 4.79 Å². The van der Waals surface area contributed by atoms with E-state index in [-0.39, 0.29) is 12.1 Å². The van der Waals surface area contributed by atoms with Crippen LogP contribution in [0.15, 0.2) is 24.5 Å². The van der Waals surface area contributed by atoms with Crippen molar-refractivity contribution in [1.82, 2.24) is 15.2 Å². The molecule has 2 fully saturated rings. The second kappa shape index (κ2) is 6.90. The van der Waals surface area contributed by atoms with Crippen molar-refractivity contribution in [3.63, 3.8) is 0 Å². The Balaban J connectivity index is 1.60. The van der Waals surface area contributed by atoms with E-state index in [1.807, 2.05) is 24.0 Å². The van der Waals surface area contributed by atoms with Gasteiger partial charge in [0, 0.05) is 36.0 Å². The Bertz CT molecular complexity index is 496. The minimum absolute atomic E-state index is 0.0207. The molecule has 22 heavy (non-hydrogen) atoms. The molecule has 1 atom stereocenters. The van der Waals surface area contributed by atoms with Gasteiger partial charge in [-0.05, 0) is 37.5 Å². The number of pyridine rings is 1. The average Bonchev–Trinajstić information content (AvgIpc) is 2.56. The van der Waals surface area contributed by atoms with Crippen LogP contribution < -0.4 is 5.32 Å². The summed E-state index contributed by atoms with van der Waals surface area (Å²) >= 11 is 2.09. The molecule has 2 amide bonds. The summed E-state index contributed by atoms with van der Waals surface area (Å²) in [5.74, 6) is 1.07. The topological polar surface area (TPSA) is 45.2 Å². The summed E-state index contributed by atoms with van der Waals surface area (Å²) < 4.78 is 0.327. The second-order valence-electron chi connectivity index (χ2n) is 6.47. The number of carbonyl (C=O) groups is 1. The van der Waals surface area contributed by atoms with Crippen molar-refractivity contribution in [2.45, 2.75) is 49.8 Å². The Morgan fingerprint density at radius 3 is 2.77 bits per heavy atom. The lowest BCUT2D eigenvalue weighted by atomic mass is 9.87. The largest absolute Gasteiger partial charge is 0.331 e. The van der Waals surface area contributed by atoms with Crippen LogP contribution in [0.1, 0.15) is 50.6 Å². The Hall–Kier alpha value is -1.23. The Morgan fingerprint density at radius 1 is 1.32 bits per heavy atom. The van der Waals surface area contributed by atoms with E-state index in [0.29, 0.717) is 4.75 Å². The molecule has 1 spiro atoms. The number of hydrogen-bond acceptors (Lipinski definition) is 3. The van der Waals surface area contributed by atoms with Gasteiger partial charge < -0.3 is 10.2 Å². The number of thioether (sulfide) groups is 1. The first-order valence-electron chi connectivity index (χ1n) is 8.28. The minimum Gasteiger partial charge on any atom is -0.331 e. The number of rotatable bonds is 2. The summed E-state index contributed by atoms with van der Waals surface area (Å²) in [6, 6.07) is 4.01. The zero-order chi connectivity index (χ0) is 15.4. The molecule has 1 aromatic heterocycles. The first-order chi connectivity index (χ1) is 10.7. The maximum Gasteiger partial charge on any atom is 0.317 e. The number of carbonyl (C=O) groups excluding carboxylic acids is 1. The fraction of sp³-hybridized carbons (Fsp3) is 0.647. The van der Waals surface area contributed by atoms with Gasteiger partial charge in [0.15, 0.2) is 0 Å². The van der Waals surface area contributed by atoms with Crippen LogP contribution in [0.5, 0.6) is 0 Å². The molecule has 2 heterocycles. The van der Waals surface area contributed by atoms with Gasteiger partial charge in [-0.1, -0.05) is 19.3 Å². The normalized spacial score (nSPS) is 22.3. The zero-order valence-electron chi connectivity index (χ0n) is 13.3. The highest BCUT2D eigenvalue weighted by atomic mass is 32.2. The third-order valence-electron chi connectivity index (χ3n) is 4.85. The highest BCUT2D eigenvalue weighted by Crippen LogP contribution is 2.42. The predicted molar refractivity (Wildman–Crippen MR) is 91.0 cm³/mol. The Kier molecular flexibility index (Phi) is 4.91. The highest BCUT2D eigenvalue weighted by Gasteiger charge is 2.38. The van der Waals surface area contributed by atoms with Crippen LogP contribution in [-0.2, 0) is 0 Å². The van der Waals surface area contributed by atoms with E-state index in [9.17, 15) is 4.79 Å². The van der Waals surface area contributed by atoms with Crippen molar-refractivity contribution in [1.29, 1.82) is 0 Å². The molecule has 3 rings (SSSR count). The summed E-state index contributed by atoms with van der Waals surface area (Å²) in [7, 11) is 0. The number of hydrogen-bond donors (Lipinski definition) is 1. The molecular formula is C17H25N3OS. The molecule has 0 bridgehead atoms. The lowest BCUT2D eigenvalue weighted by Crippen LogP contribution is -2.53. The second-order valence-corrected chi connectivity index (χ2v) is 8.03. The standard InChI is InChI=1S/C17H25N3OS/c1-14(15-5-9-18-10-6-15)19-16(21)20-11-12-22-17(13-20)7-3-2-4-8-17/h5-6,9-10,14H,2-4,7-8,11-13H2,1H3,(H,19,21)/t14-/m0/s1. The van der Waals surface area contributed by atoms with Crippen molar-refractivity contribution in [2.75, 3.05) is 18.8 Å². The third-order valence-corrected chi connectivity index (χ3v) is 6.38. The summed E-state index contributed by atoms with van der Waals surface area (Å²) in [4.78, 5) is 18.7. The third kappa shape index (κ3) is 3.57. The molecule has 120 valence electrons. The molecule has 0 aromatic carbocycles. The molecule has 5 heteroatoms. The smallest absolute Gasteiger partial charge is 0.317 e. The summed E-state index contributed by atoms with van der Waals surface area (Å²) in [5, 5.41) is 3.14. The first kappa shape index (κ1) is 15.7. The van der Waals surface area contributed by atoms with E-state index in [0.717, 1.165) is 24.4 Å². The fourth-order valence-corrected chi connectivity index (χ4v) is 5.10. The molecule has 1 aliphatic carbocycles. The molecule has 1 aromatic rings. The molecule has 2 aliphatic rings. The summed E-state index contributed by atoms with van der Waals surface area (Å²) in [5.41, 5.74) is 1.10. The van der Waals surface area contributed by atoms with Crippen LogP contribution >= 0.6 is 11.8 Å². The van der Waals surface area contributed by atoms with Gasteiger partial charge in [-0.2, -0.15) is 11.8 Å². The number of aromatic nitrogens is 1. The summed E-state index contributed by atoms with van der Waals surface area (Å²) in [6.45, 7) is 3.80. The molecule has 1 saturated carbocycles. The number of nitrogens with one attached hydrogen (secondary N) is 1. The van der Waals surface area contributed by atoms with Crippen LogP contribution in [0, 0.1) is 0 Å². The van der Waals surface area contributed by atoms with Crippen LogP contribution in [0.3, 0.4) is 0 Å². The van der Waals surface area contributed by atoms with E-state index < -0.39 is 0 Å². The van der Waals surface area contributed by atoms with Crippen LogP contribution in [0.25, 0.3) is 0 Å². The van der Waals surface area contributed by atoms with E-state index in [1.54, 1.807) is 12.4 Å². The van der Waals surface area contributed by atoms with E-state index in [2.05, 4.69) is 22.1 Å². The quantitative estimate of drug-likeness (QED) is 0.906. The van der Waals surface area contributed by atoms with Crippen LogP contribution in [-0.4, -0.2) is 39.5 Å². The first-order valence-corrected chi connectivity index (χ1v) is 9.26. The van der Waals surface area contributed by atoms with Gasteiger partial charge >= 0.3 is 6.03 Å². The van der Waals surface area contributed by atoms with Crippen LogP contribution in [0.4, 0.5) is 4.79 Å². The highest BCUT2D eigenvalue weighted by molar-refractivity contribution is 8.00. The maximum atomic E-state index is 12.6. The van der Waals surface area contributed by atoms with Gasteiger partial charge in [0.2, 0.25) is 0 Å². The lowest BCUT2D eigenvalue weighted by Gasteiger charge is -2.44. The minimum atomic E-state index is 0.0207. The average molecular weight is 319 g/mol. The van der Waals surface area contributed by atoms with Crippen molar-refractivity contribution >= 4 is 17.8 Å². The number of amides is 2. The van der Waals surface area contributed by atoms with Gasteiger partial charge in [0.05, 0.1) is 6.04 Å². The van der Waals surface area contributed by atoms with E-state index in [1.165, 1.54) is 32.1 Å². The lowest BCUT2D eigenvalue weighted by molar-refractivity contribution is 0.182. The Labute approximate surface area is 137 Å². The molecule has 0 unspecified atom stereocenters. The van der Waals surface area contributed by atoms with Crippen molar-refractivity contribution in [3.05, 3.63) is 30.1 Å². The van der Waals surface area contributed by atoms with Gasteiger partial charge in [0.25, 0.3) is 0 Å². The monoisotopic (exact) mass is 319 g/mol. The number of nitrogens with zero attached hydrogens (tertiary/aromatic N) is 2. The van der Waals surface area contributed by atoms with E-state index in [4.69, 9.17) is 0 Å². The SMILES string of the molecule is C[C@H](NC(=O)N1CCSC2(CCCCC2)C1)c1ccncc1. The summed E-state index contributed by atoms with van der Waals surface area (Å²) in [6.07, 6.45) is 10.1. The van der Waals surface area contributed by atoms with Gasteiger partial charge in [-0.15, -0.1) is 0 Å².